The van der Waals surface area contributed by atoms with Gasteiger partial charge in [-0.1, -0.05) is 11.6 Å². The highest BCUT2D eigenvalue weighted by atomic mass is 35.5. The van der Waals surface area contributed by atoms with Gasteiger partial charge >= 0.3 is 0 Å². The Balaban J connectivity index is 2.09. The van der Waals surface area contributed by atoms with Gasteiger partial charge in [0.15, 0.2) is 5.11 Å². The van der Waals surface area contributed by atoms with E-state index < -0.39 is 0 Å². The summed E-state index contributed by atoms with van der Waals surface area (Å²) in [4.78, 5) is 12.5. The van der Waals surface area contributed by atoms with Crippen LogP contribution >= 0.6 is 23.8 Å². The number of ether oxygens (including phenoxy) is 3. The van der Waals surface area contributed by atoms with E-state index in [0.29, 0.717) is 46.7 Å². The van der Waals surface area contributed by atoms with Gasteiger partial charge in [0.05, 0.1) is 25.3 Å². The van der Waals surface area contributed by atoms with Gasteiger partial charge in [0.25, 0.3) is 5.91 Å². The van der Waals surface area contributed by atoms with Gasteiger partial charge in [-0.3, -0.25) is 10.1 Å². The molecule has 0 aliphatic heterocycles. The third kappa shape index (κ3) is 6.01. The van der Waals surface area contributed by atoms with Gasteiger partial charge in [-0.25, -0.2) is 0 Å². The van der Waals surface area contributed by atoms with Gasteiger partial charge in [-0.05, 0) is 56.4 Å². The van der Waals surface area contributed by atoms with Crippen LogP contribution in [0.15, 0.2) is 36.4 Å². The molecule has 2 N–H and O–H groups in total. The van der Waals surface area contributed by atoms with E-state index in [2.05, 4.69) is 10.6 Å². The number of thiocarbonyl (C=S) groups is 1. The zero-order valence-corrected chi connectivity index (χ0v) is 16.9. The quantitative estimate of drug-likeness (QED) is 0.667. The Bertz CT molecular complexity index is 805. The molecule has 27 heavy (non-hydrogen) atoms. The summed E-state index contributed by atoms with van der Waals surface area (Å²) < 4.78 is 16.1. The molecule has 2 rings (SSSR count). The highest BCUT2D eigenvalue weighted by Gasteiger charge is 2.12. The molecule has 1 amide bonds. The lowest BCUT2D eigenvalue weighted by Crippen LogP contribution is -2.34. The summed E-state index contributed by atoms with van der Waals surface area (Å²) >= 11 is 11.3. The zero-order valence-electron chi connectivity index (χ0n) is 15.3. The minimum atomic E-state index is -0.380. The van der Waals surface area contributed by atoms with Gasteiger partial charge in [0, 0.05) is 17.3 Å². The molecule has 2 aromatic rings. The highest BCUT2D eigenvalue weighted by Crippen LogP contribution is 2.27. The van der Waals surface area contributed by atoms with Crippen LogP contribution in [0.2, 0.25) is 5.02 Å². The number of benzene rings is 2. The second-order valence-electron chi connectivity index (χ2n) is 5.32. The van der Waals surface area contributed by atoms with Crippen LogP contribution in [0.4, 0.5) is 5.69 Å². The van der Waals surface area contributed by atoms with E-state index in [-0.39, 0.29) is 11.0 Å². The number of rotatable bonds is 7. The number of halogens is 1. The van der Waals surface area contributed by atoms with E-state index in [0.717, 1.165) is 0 Å². The van der Waals surface area contributed by atoms with E-state index in [4.69, 9.17) is 38.0 Å². The lowest BCUT2D eigenvalue weighted by molar-refractivity contribution is 0.0976. The van der Waals surface area contributed by atoms with Crippen LogP contribution in [-0.2, 0) is 0 Å². The second kappa shape index (κ2) is 9.99. The number of hydrogen-bond acceptors (Lipinski definition) is 5. The summed E-state index contributed by atoms with van der Waals surface area (Å²) in [7, 11) is 1.53. The Morgan fingerprint density at radius 3 is 2.22 bits per heavy atom. The van der Waals surface area contributed by atoms with Crippen LogP contribution in [0.25, 0.3) is 0 Å². The summed E-state index contributed by atoms with van der Waals surface area (Å²) in [6.07, 6.45) is 0. The smallest absolute Gasteiger partial charge is 0.257 e. The number of hydrogen-bond donors (Lipinski definition) is 2. The van der Waals surface area contributed by atoms with Gasteiger partial charge in [0.2, 0.25) is 0 Å². The van der Waals surface area contributed by atoms with E-state index in [1.54, 1.807) is 36.4 Å². The molecule has 0 bridgehead atoms. The molecule has 0 saturated carbocycles. The molecule has 144 valence electrons. The minimum absolute atomic E-state index is 0.140. The summed E-state index contributed by atoms with van der Waals surface area (Å²) in [5.41, 5.74) is 1.01. The average Bonchev–Trinajstić information content (AvgIpc) is 2.62. The fourth-order valence-electron chi connectivity index (χ4n) is 2.28. The van der Waals surface area contributed by atoms with Crippen molar-refractivity contribution in [2.75, 3.05) is 25.6 Å². The maximum absolute atomic E-state index is 12.5. The first kappa shape index (κ1) is 20.8. The van der Waals surface area contributed by atoms with Crippen molar-refractivity contribution in [3.05, 3.63) is 47.0 Å². The Morgan fingerprint density at radius 1 is 1.07 bits per heavy atom. The lowest BCUT2D eigenvalue weighted by Gasteiger charge is -2.13. The molecule has 0 aromatic heterocycles. The molecule has 0 aliphatic carbocycles. The number of carbonyl (C=O) groups is 1. The molecule has 0 fully saturated rings. The van der Waals surface area contributed by atoms with Crippen molar-refractivity contribution in [1.82, 2.24) is 5.32 Å². The fourth-order valence-corrected chi connectivity index (χ4v) is 2.75. The molecule has 0 heterocycles. The molecule has 0 saturated heterocycles. The number of nitrogens with one attached hydrogen (secondary N) is 2. The maximum atomic E-state index is 12.5. The lowest BCUT2D eigenvalue weighted by atomic mass is 10.2. The molecule has 0 aliphatic rings. The monoisotopic (exact) mass is 408 g/mol. The zero-order chi connectivity index (χ0) is 19.8. The molecular formula is C19H21ClN2O4S. The molecule has 0 atom stereocenters. The highest BCUT2D eigenvalue weighted by molar-refractivity contribution is 7.80. The third-order valence-corrected chi connectivity index (χ3v) is 3.90. The van der Waals surface area contributed by atoms with Crippen molar-refractivity contribution in [3.63, 3.8) is 0 Å². The van der Waals surface area contributed by atoms with E-state index in [1.807, 2.05) is 13.8 Å². The van der Waals surface area contributed by atoms with Crippen molar-refractivity contribution >= 4 is 40.5 Å². The standard InChI is InChI=1S/C19H21ClN2O4S/c1-4-25-14-8-12(9-15(11-14)26-5-2)18(23)22-19(27)21-13-6-7-17(24-3)16(20)10-13/h6-11H,4-5H2,1-3H3,(H2,21,22,23,27). The van der Waals surface area contributed by atoms with Crippen molar-refractivity contribution < 1.29 is 19.0 Å². The molecule has 0 unspecified atom stereocenters. The number of amides is 1. The summed E-state index contributed by atoms with van der Waals surface area (Å²) in [6.45, 7) is 4.70. The summed E-state index contributed by atoms with van der Waals surface area (Å²) in [5, 5.41) is 6.11. The number of methoxy groups -OCH3 is 1. The van der Waals surface area contributed by atoms with Crippen LogP contribution in [0.3, 0.4) is 0 Å². The Labute approximate surface area is 168 Å². The second-order valence-corrected chi connectivity index (χ2v) is 6.13. The molecule has 6 nitrogen and oxygen atoms in total. The normalized spacial score (nSPS) is 10.1. The first-order valence-corrected chi connectivity index (χ1v) is 9.12. The molecular weight excluding hydrogens is 388 g/mol. The Kier molecular flexibility index (Phi) is 7.69. The summed E-state index contributed by atoms with van der Waals surface area (Å²) in [5.74, 6) is 1.27. The Hall–Kier alpha value is -2.51. The van der Waals surface area contributed by atoms with E-state index in [1.165, 1.54) is 7.11 Å². The number of carbonyl (C=O) groups excluding carboxylic acids is 1. The summed E-state index contributed by atoms with van der Waals surface area (Å²) in [6, 6.07) is 10.1. The van der Waals surface area contributed by atoms with Crippen LogP contribution in [-0.4, -0.2) is 31.3 Å². The molecule has 0 spiro atoms. The largest absolute Gasteiger partial charge is 0.495 e. The van der Waals surface area contributed by atoms with Crippen LogP contribution in [0.1, 0.15) is 24.2 Å². The van der Waals surface area contributed by atoms with Gasteiger partial charge in [-0.2, -0.15) is 0 Å². The maximum Gasteiger partial charge on any atom is 0.257 e. The Morgan fingerprint density at radius 2 is 1.70 bits per heavy atom. The van der Waals surface area contributed by atoms with Crippen LogP contribution in [0, 0.1) is 0 Å². The molecule has 2 aromatic carbocycles. The van der Waals surface area contributed by atoms with E-state index >= 15 is 0 Å². The van der Waals surface area contributed by atoms with Crippen molar-refractivity contribution in [2.24, 2.45) is 0 Å². The van der Waals surface area contributed by atoms with Crippen LogP contribution < -0.4 is 24.8 Å². The first-order chi connectivity index (χ1) is 13.0. The predicted octanol–water partition coefficient (Wildman–Crippen LogP) is 4.27. The predicted molar refractivity (Wildman–Crippen MR) is 110 cm³/mol. The first-order valence-electron chi connectivity index (χ1n) is 8.33. The van der Waals surface area contributed by atoms with Crippen molar-refractivity contribution in [1.29, 1.82) is 0 Å². The third-order valence-electron chi connectivity index (χ3n) is 3.40. The topological polar surface area (TPSA) is 68.8 Å². The molecule has 0 radical (unpaired) electrons. The minimum Gasteiger partial charge on any atom is -0.495 e. The van der Waals surface area contributed by atoms with Gasteiger partial charge < -0.3 is 19.5 Å². The number of anilines is 1. The molecule has 8 heteroatoms. The average molecular weight is 409 g/mol. The SMILES string of the molecule is CCOc1cc(OCC)cc(C(=O)NC(=S)Nc2ccc(OC)c(Cl)c2)c1. The van der Waals surface area contributed by atoms with Crippen molar-refractivity contribution in [2.45, 2.75) is 13.8 Å². The van der Waals surface area contributed by atoms with Gasteiger partial charge in [-0.15, -0.1) is 0 Å². The van der Waals surface area contributed by atoms with Gasteiger partial charge in [0.1, 0.15) is 17.2 Å². The van der Waals surface area contributed by atoms with Crippen LogP contribution in [0.5, 0.6) is 17.2 Å². The fraction of sp³-hybridized carbons (Fsp3) is 0.263. The van der Waals surface area contributed by atoms with Crippen molar-refractivity contribution in [3.8, 4) is 17.2 Å². The van der Waals surface area contributed by atoms with E-state index in [9.17, 15) is 4.79 Å².